The van der Waals surface area contributed by atoms with Gasteiger partial charge in [-0.15, -0.1) is 0 Å². The summed E-state index contributed by atoms with van der Waals surface area (Å²) in [7, 11) is 0. The van der Waals surface area contributed by atoms with Crippen molar-refractivity contribution in [3.8, 4) is 0 Å². The van der Waals surface area contributed by atoms with Crippen LogP contribution in [-0.4, -0.2) is 6.04 Å². The molecule has 0 amide bonds. The maximum atomic E-state index is 5.84. The fourth-order valence-electron chi connectivity index (χ4n) is 5.57. The summed E-state index contributed by atoms with van der Waals surface area (Å²) in [6.07, 6.45) is 10.5. The van der Waals surface area contributed by atoms with Crippen LogP contribution < -0.4 is 11.3 Å². The summed E-state index contributed by atoms with van der Waals surface area (Å²) in [6, 6.07) is 0.662. The Morgan fingerprint density at radius 3 is 1.88 bits per heavy atom. The number of hydrogen-bond acceptors (Lipinski definition) is 2. The molecule has 2 heteroatoms. The van der Waals surface area contributed by atoms with Crippen LogP contribution in [0.4, 0.5) is 0 Å². The minimum atomic E-state index is 0.662. The molecule has 90 valence electrons. The second kappa shape index (κ2) is 3.46. The molecule has 0 aromatic rings. The van der Waals surface area contributed by atoms with Gasteiger partial charge in [-0.2, -0.15) is 0 Å². The van der Waals surface area contributed by atoms with E-state index in [1.54, 1.807) is 6.42 Å². The lowest BCUT2D eigenvalue weighted by atomic mass is 9.50. The lowest BCUT2D eigenvalue weighted by molar-refractivity contribution is -0.0550. The van der Waals surface area contributed by atoms with Crippen molar-refractivity contribution in [2.24, 2.45) is 41.4 Å². The van der Waals surface area contributed by atoms with Crippen molar-refractivity contribution in [3.63, 3.8) is 0 Å². The van der Waals surface area contributed by atoms with Crippen molar-refractivity contribution in [3.05, 3.63) is 0 Å². The van der Waals surface area contributed by atoms with Gasteiger partial charge in [-0.3, -0.25) is 11.3 Å². The lowest BCUT2D eigenvalue weighted by Crippen LogP contribution is -2.55. The van der Waals surface area contributed by atoms with Crippen LogP contribution >= 0.6 is 0 Å². The topological polar surface area (TPSA) is 38.0 Å². The molecule has 5 saturated carbocycles. The Bertz CT molecular complexity index is 256. The maximum absolute atomic E-state index is 5.84. The Kier molecular flexibility index (Phi) is 2.14. The smallest absolute Gasteiger partial charge is 0.0272 e. The summed E-state index contributed by atoms with van der Waals surface area (Å²) in [4.78, 5) is 0. The summed E-state index contributed by atoms with van der Waals surface area (Å²) in [6.45, 7) is 0. The highest BCUT2D eigenvalue weighted by Crippen LogP contribution is 2.59. The van der Waals surface area contributed by atoms with E-state index in [2.05, 4.69) is 5.43 Å². The van der Waals surface area contributed by atoms with Crippen molar-refractivity contribution in [1.29, 1.82) is 0 Å². The molecule has 5 rings (SSSR count). The predicted molar refractivity (Wildman–Crippen MR) is 64.4 cm³/mol. The molecule has 0 heterocycles. The van der Waals surface area contributed by atoms with Gasteiger partial charge in [0.15, 0.2) is 0 Å². The zero-order chi connectivity index (χ0) is 10.7. The van der Waals surface area contributed by atoms with Crippen LogP contribution in [-0.2, 0) is 0 Å². The second-order valence-electron chi connectivity index (χ2n) is 7.04. The second-order valence-corrected chi connectivity index (χ2v) is 7.04. The zero-order valence-electron chi connectivity index (χ0n) is 10.1. The Hall–Kier alpha value is -0.0800. The molecular weight excluding hydrogens is 196 g/mol. The highest BCUT2D eigenvalue weighted by atomic mass is 15.2. The molecule has 0 saturated heterocycles. The van der Waals surface area contributed by atoms with Gasteiger partial charge in [0.25, 0.3) is 0 Å². The molecule has 1 unspecified atom stereocenters. The first-order chi connectivity index (χ1) is 7.85. The minimum Gasteiger partial charge on any atom is -0.271 e. The van der Waals surface area contributed by atoms with E-state index in [0.29, 0.717) is 6.04 Å². The molecule has 0 aromatic carbocycles. The fraction of sp³-hybridized carbons (Fsp3) is 1.00. The normalized spacial score (nSPS) is 51.9. The van der Waals surface area contributed by atoms with Gasteiger partial charge >= 0.3 is 0 Å². The highest BCUT2D eigenvalue weighted by Gasteiger charge is 2.52. The van der Waals surface area contributed by atoms with Gasteiger partial charge < -0.3 is 0 Å². The van der Waals surface area contributed by atoms with Gasteiger partial charge in [-0.25, -0.2) is 0 Å². The summed E-state index contributed by atoms with van der Waals surface area (Å²) < 4.78 is 0. The molecule has 0 radical (unpaired) electrons. The lowest BCUT2D eigenvalue weighted by Gasteiger charge is -2.56. The summed E-state index contributed by atoms with van der Waals surface area (Å²) in [5, 5.41) is 0. The van der Waals surface area contributed by atoms with Gasteiger partial charge in [-0.1, -0.05) is 0 Å². The molecule has 5 aliphatic carbocycles. The Labute approximate surface area is 98.3 Å². The summed E-state index contributed by atoms with van der Waals surface area (Å²) in [5.41, 5.74) is 3.19. The maximum Gasteiger partial charge on any atom is 0.0272 e. The summed E-state index contributed by atoms with van der Waals surface area (Å²) in [5.74, 6) is 11.9. The van der Waals surface area contributed by atoms with Crippen molar-refractivity contribution in [2.75, 3.05) is 0 Å². The molecule has 5 aliphatic rings. The third kappa shape index (κ3) is 1.39. The van der Waals surface area contributed by atoms with Crippen LogP contribution in [0.1, 0.15) is 44.9 Å². The van der Waals surface area contributed by atoms with Crippen LogP contribution in [0.15, 0.2) is 0 Å². The zero-order valence-corrected chi connectivity index (χ0v) is 10.1. The predicted octanol–water partition coefficient (Wildman–Crippen LogP) is 2.30. The molecule has 3 N–H and O–H groups in total. The van der Waals surface area contributed by atoms with E-state index in [1.807, 2.05) is 0 Å². The van der Waals surface area contributed by atoms with Gasteiger partial charge in [0.1, 0.15) is 0 Å². The first-order valence-electron chi connectivity index (χ1n) is 7.31. The monoisotopic (exact) mass is 220 g/mol. The first-order valence-corrected chi connectivity index (χ1v) is 7.31. The Morgan fingerprint density at radius 1 is 0.875 bits per heavy atom. The van der Waals surface area contributed by atoms with E-state index in [1.165, 1.54) is 38.5 Å². The quantitative estimate of drug-likeness (QED) is 0.566. The van der Waals surface area contributed by atoms with Gasteiger partial charge in [0.2, 0.25) is 0 Å². The molecular formula is C14H24N2. The molecule has 1 atom stereocenters. The molecule has 2 nitrogen and oxygen atoms in total. The van der Waals surface area contributed by atoms with Gasteiger partial charge in [0.05, 0.1) is 0 Å². The third-order valence-electron chi connectivity index (χ3n) is 6.04. The number of hydrogen-bond donors (Lipinski definition) is 2. The van der Waals surface area contributed by atoms with Gasteiger partial charge in [0, 0.05) is 6.04 Å². The molecule has 0 aromatic heterocycles. The van der Waals surface area contributed by atoms with E-state index in [9.17, 15) is 0 Å². The standard InChI is InChI=1S/C14H24N2/c15-16-14(10-1-2-10)13-11-4-8-3-9(6-11)7-12(13)5-8/h8-14,16H,1-7,15H2. The SMILES string of the molecule is NNC(C1CC1)C1C2CC3CC(C2)CC1C3. The van der Waals surface area contributed by atoms with Crippen molar-refractivity contribution >= 4 is 0 Å². The van der Waals surface area contributed by atoms with E-state index < -0.39 is 0 Å². The van der Waals surface area contributed by atoms with E-state index in [0.717, 1.165) is 35.5 Å². The molecule has 0 spiro atoms. The average molecular weight is 220 g/mol. The van der Waals surface area contributed by atoms with Gasteiger partial charge in [-0.05, 0) is 80.5 Å². The molecule has 4 bridgehead atoms. The van der Waals surface area contributed by atoms with Crippen LogP contribution in [0.2, 0.25) is 0 Å². The number of hydrazine groups is 1. The Balaban J connectivity index is 1.58. The van der Waals surface area contributed by atoms with E-state index in [-0.39, 0.29) is 0 Å². The third-order valence-corrected chi connectivity index (χ3v) is 6.04. The van der Waals surface area contributed by atoms with Crippen LogP contribution in [0.3, 0.4) is 0 Å². The van der Waals surface area contributed by atoms with E-state index in [4.69, 9.17) is 5.84 Å². The first kappa shape index (κ1) is 9.90. The summed E-state index contributed by atoms with van der Waals surface area (Å²) >= 11 is 0. The van der Waals surface area contributed by atoms with Crippen molar-refractivity contribution < 1.29 is 0 Å². The largest absolute Gasteiger partial charge is 0.271 e. The average Bonchev–Trinajstić information content (AvgIpc) is 3.06. The van der Waals surface area contributed by atoms with Crippen LogP contribution in [0.5, 0.6) is 0 Å². The molecule has 16 heavy (non-hydrogen) atoms. The number of rotatable bonds is 3. The van der Waals surface area contributed by atoms with E-state index >= 15 is 0 Å². The molecule has 0 aliphatic heterocycles. The minimum absolute atomic E-state index is 0.662. The molecule has 5 fully saturated rings. The van der Waals surface area contributed by atoms with Crippen LogP contribution in [0, 0.1) is 35.5 Å². The highest BCUT2D eigenvalue weighted by molar-refractivity contribution is 5.04. The van der Waals surface area contributed by atoms with Crippen molar-refractivity contribution in [1.82, 2.24) is 5.43 Å². The van der Waals surface area contributed by atoms with Crippen molar-refractivity contribution in [2.45, 2.75) is 51.0 Å². The fourth-order valence-corrected chi connectivity index (χ4v) is 5.57. The Morgan fingerprint density at radius 2 is 1.44 bits per heavy atom. The van der Waals surface area contributed by atoms with Crippen LogP contribution in [0.25, 0.3) is 0 Å². The number of nitrogens with one attached hydrogen (secondary N) is 1. The number of nitrogens with two attached hydrogens (primary N) is 1.